The second kappa shape index (κ2) is 6.04. The Hall–Kier alpha value is -1.30. The molecular weight excluding hydrogens is 232 g/mol. The van der Waals surface area contributed by atoms with Crippen LogP contribution in [0.3, 0.4) is 0 Å². The highest BCUT2D eigenvalue weighted by molar-refractivity contribution is 5.54. The van der Waals surface area contributed by atoms with E-state index in [9.17, 15) is 5.11 Å². The summed E-state index contributed by atoms with van der Waals surface area (Å²) >= 11 is 0. The van der Waals surface area contributed by atoms with Gasteiger partial charge in [0.2, 0.25) is 0 Å². The van der Waals surface area contributed by atoms with Crippen LogP contribution in [0.4, 0.5) is 5.69 Å². The lowest BCUT2D eigenvalue weighted by Crippen LogP contribution is -2.46. The zero-order chi connectivity index (χ0) is 13.0. The van der Waals surface area contributed by atoms with E-state index in [0.717, 1.165) is 18.7 Å². The second-order valence-corrected chi connectivity index (χ2v) is 4.46. The summed E-state index contributed by atoms with van der Waals surface area (Å²) in [5.74, 6) is 0.694. The summed E-state index contributed by atoms with van der Waals surface area (Å²) in [6, 6.07) is 5.86. The number of hydrogen-bond donors (Lipinski definition) is 2. The number of nitrogens with zero attached hydrogens (tertiary/aromatic N) is 1. The van der Waals surface area contributed by atoms with E-state index in [1.54, 1.807) is 7.11 Å². The van der Waals surface area contributed by atoms with Gasteiger partial charge in [-0.2, -0.15) is 0 Å². The molecule has 1 fully saturated rings. The molecule has 18 heavy (non-hydrogen) atoms. The number of aliphatic hydroxyl groups excluding tert-OH is 1. The predicted molar refractivity (Wildman–Crippen MR) is 69.5 cm³/mol. The average Bonchev–Trinajstić information content (AvgIpc) is 2.39. The second-order valence-electron chi connectivity index (χ2n) is 4.46. The molecule has 5 heteroatoms. The third-order valence-electron chi connectivity index (χ3n) is 3.24. The topological polar surface area (TPSA) is 68.0 Å². The van der Waals surface area contributed by atoms with E-state index >= 15 is 0 Å². The molecule has 100 valence electrons. The summed E-state index contributed by atoms with van der Waals surface area (Å²) in [7, 11) is 1.61. The maximum Gasteiger partial charge on any atom is 0.141 e. The number of nitrogens with two attached hydrogens (primary N) is 1. The molecule has 1 heterocycles. The molecule has 0 radical (unpaired) electrons. The van der Waals surface area contributed by atoms with Gasteiger partial charge in [0.25, 0.3) is 0 Å². The molecule has 1 saturated heterocycles. The number of anilines is 1. The number of morpholine rings is 1. The Labute approximate surface area is 107 Å². The molecular formula is C13H20N2O3. The van der Waals surface area contributed by atoms with Crippen molar-refractivity contribution in [3.8, 4) is 5.75 Å². The standard InChI is InChI=1S/C13H20N2O3/c1-17-13-3-2-10(6-12(13)14)7-15-4-5-18-9-11(15)8-16/h2-3,6,11,16H,4-5,7-9,14H2,1H3. The van der Waals surface area contributed by atoms with Gasteiger partial charge < -0.3 is 20.3 Å². The Morgan fingerprint density at radius 3 is 3.06 bits per heavy atom. The van der Waals surface area contributed by atoms with Crippen LogP contribution in [0.2, 0.25) is 0 Å². The first-order valence-corrected chi connectivity index (χ1v) is 6.09. The monoisotopic (exact) mass is 252 g/mol. The Kier molecular flexibility index (Phi) is 4.41. The van der Waals surface area contributed by atoms with Gasteiger partial charge in [-0.3, -0.25) is 4.90 Å². The van der Waals surface area contributed by atoms with Gasteiger partial charge in [0.05, 0.1) is 38.7 Å². The van der Waals surface area contributed by atoms with E-state index in [0.29, 0.717) is 24.7 Å². The summed E-state index contributed by atoms with van der Waals surface area (Å²) < 4.78 is 10.5. The fourth-order valence-corrected chi connectivity index (χ4v) is 2.18. The molecule has 1 aliphatic heterocycles. The zero-order valence-corrected chi connectivity index (χ0v) is 10.6. The Morgan fingerprint density at radius 1 is 1.56 bits per heavy atom. The molecule has 1 atom stereocenters. The van der Waals surface area contributed by atoms with Gasteiger partial charge in [0, 0.05) is 13.1 Å². The Morgan fingerprint density at radius 2 is 2.39 bits per heavy atom. The molecule has 1 aromatic carbocycles. The maximum atomic E-state index is 9.31. The first kappa shape index (κ1) is 13.1. The van der Waals surface area contributed by atoms with Gasteiger partial charge in [-0.05, 0) is 17.7 Å². The fourth-order valence-electron chi connectivity index (χ4n) is 2.18. The lowest BCUT2D eigenvalue weighted by Gasteiger charge is -2.34. The minimum atomic E-state index is 0.0714. The van der Waals surface area contributed by atoms with Crippen molar-refractivity contribution < 1.29 is 14.6 Å². The van der Waals surface area contributed by atoms with E-state index in [-0.39, 0.29) is 12.6 Å². The summed E-state index contributed by atoms with van der Waals surface area (Å²) in [5.41, 5.74) is 7.65. The molecule has 1 unspecified atom stereocenters. The van der Waals surface area contributed by atoms with E-state index < -0.39 is 0 Å². The zero-order valence-electron chi connectivity index (χ0n) is 10.6. The van der Waals surface area contributed by atoms with Crippen LogP contribution in [0.1, 0.15) is 5.56 Å². The van der Waals surface area contributed by atoms with Gasteiger partial charge in [0.1, 0.15) is 5.75 Å². The third-order valence-corrected chi connectivity index (χ3v) is 3.24. The number of rotatable bonds is 4. The largest absolute Gasteiger partial charge is 0.495 e. The molecule has 0 aromatic heterocycles. The van der Waals surface area contributed by atoms with Crippen LogP contribution in [-0.4, -0.2) is 49.5 Å². The molecule has 5 nitrogen and oxygen atoms in total. The number of ether oxygens (including phenoxy) is 2. The van der Waals surface area contributed by atoms with Crippen molar-refractivity contribution in [2.75, 3.05) is 39.2 Å². The smallest absolute Gasteiger partial charge is 0.141 e. The van der Waals surface area contributed by atoms with Crippen molar-refractivity contribution in [1.82, 2.24) is 4.90 Å². The van der Waals surface area contributed by atoms with Crippen LogP contribution in [0.15, 0.2) is 18.2 Å². The predicted octanol–water partition coefficient (Wildman–Crippen LogP) is 0.470. The van der Waals surface area contributed by atoms with Crippen molar-refractivity contribution >= 4 is 5.69 Å². The van der Waals surface area contributed by atoms with Gasteiger partial charge in [-0.1, -0.05) is 6.07 Å². The molecule has 1 aliphatic rings. The number of aliphatic hydroxyl groups is 1. The number of benzene rings is 1. The van der Waals surface area contributed by atoms with Gasteiger partial charge in [0.15, 0.2) is 0 Å². The maximum absolute atomic E-state index is 9.31. The highest BCUT2D eigenvalue weighted by atomic mass is 16.5. The van der Waals surface area contributed by atoms with E-state index in [2.05, 4.69) is 4.90 Å². The summed E-state index contributed by atoms with van der Waals surface area (Å²) in [5, 5.41) is 9.31. The Balaban J connectivity index is 2.05. The minimum Gasteiger partial charge on any atom is -0.495 e. The van der Waals surface area contributed by atoms with Crippen molar-refractivity contribution in [2.24, 2.45) is 0 Å². The number of hydrogen-bond acceptors (Lipinski definition) is 5. The third kappa shape index (κ3) is 2.93. The Bertz CT molecular complexity index is 398. The van der Waals surface area contributed by atoms with Crippen molar-refractivity contribution in [2.45, 2.75) is 12.6 Å². The van der Waals surface area contributed by atoms with Crippen LogP contribution < -0.4 is 10.5 Å². The first-order chi connectivity index (χ1) is 8.74. The number of methoxy groups -OCH3 is 1. The molecule has 0 spiro atoms. The number of nitrogen functional groups attached to an aromatic ring is 1. The van der Waals surface area contributed by atoms with Gasteiger partial charge in [-0.15, -0.1) is 0 Å². The molecule has 3 N–H and O–H groups in total. The van der Waals surface area contributed by atoms with Crippen LogP contribution in [0.5, 0.6) is 5.75 Å². The first-order valence-electron chi connectivity index (χ1n) is 6.09. The van der Waals surface area contributed by atoms with Crippen LogP contribution in [0, 0.1) is 0 Å². The van der Waals surface area contributed by atoms with E-state index in [1.807, 2.05) is 18.2 Å². The van der Waals surface area contributed by atoms with E-state index in [1.165, 1.54) is 0 Å². The molecule has 0 saturated carbocycles. The van der Waals surface area contributed by atoms with Gasteiger partial charge >= 0.3 is 0 Å². The summed E-state index contributed by atoms with van der Waals surface area (Å²) in [4.78, 5) is 2.21. The van der Waals surface area contributed by atoms with Crippen molar-refractivity contribution in [3.05, 3.63) is 23.8 Å². The van der Waals surface area contributed by atoms with Gasteiger partial charge in [-0.25, -0.2) is 0 Å². The fraction of sp³-hybridized carbons (Fsp3) is 0.538. The van der Waals surface area contributed by atoms with Crippen molar-refractivity contribution in [1.29, 1.82) is 0 Å². The molecule has 1 aromatic rings. The normalized spacial score (nSPS) is 20.9. The van der Waals surface area contributed by atoms with Crippen LogP contribution in [0.25, 0.3) is 0 Å². The molecule has 0 amide bonds. The lowest BCUT2D eigenvalue weighted by atomic mass is 10.1. The molecule has 0 bridgehead atoms. The SMILES string of the molecule is COc1ccc(CN2CCOCC2CO)cc1N. The average molecular weight is 252 g/mol. The van der Waals surface area contributed by atoms with Crippen molar-refractivity contribution in [3.63, 3.8) is 0 Å². The van der Waals surface area contributed by atoms with Crippen LogP contribution in [-0.2, 0) is 11.3 Å². The quantitative estimate of drug-likeness (QED) is 0.762. The minimum absolute atomic E-state index is 0.0714. The lowest BCUT2D eigenvalue weighted by molar-refractivity contribution is -0.0312. The molecule has 2 rings (SSSR count). The summed E-state index contributed by atoms with van der Waals surface area (Å²) in [6.45, 7) is 3.01. The van der Waals surface area contributed by atoms with E-state index in [4.69, 9.17) is 15.2 Å². The molecule has 0 aliphatic carbocycles. The summed E-state index contributed by atoms with van der Waals surface area (Å²) in [6.07, 6.45) is 0. The highest BCUT2D eigenvalue weighted by Gasteiger charge is 2.22. The highest BCUT2D eigenvalue weighted by Crippen LogP contribution is 2.23. The van der Waals surface area contributed by atoms with Crippen LogP contribution >= 0.6 is 0 Å².